The number of aryl methyl sites for hydroxylation is 1. The lowest BCUT2D eigenvalue weighted by atomic mass is 10.0. The van der Waals surface area contributed by atoms with Crippen molar-refractivity contribution in [3.63, 3.8) is 0 Å². The zero-order valence-corrected chi connectivity index (χ0v) is 16.7. The summed E-state index contributed by atoms with van der Waals surface area (Å²) in [5, 5.41) is 8.68. The third-order valence-corrected chi connectivity index (χ3v) is 5.97. The molecule has 0 saturated heterocycles. The number of aliphatic carboxylic acids is 1. The lowest BCUT2D eigenvalue weighted by molar-refractivity contribution is -0.137. The molecule has 0 fully saturated rings. The first-order valence-corrected chi connectivity index (χ1v) is 10.8. The Labute approximate surface area is 165 Å². The molecule has 2 aromatic carbocycles. The molecular formula is C21H26FNO4S. The number of rotatable bonds is 11. The molecule has 2 aromatic rings. The summed E-state index contributed by atoms with van der Waals surface area (Å²) in [5.74, 6) is -1.19. The van der Waals surface area contributed by atoms with E-state index in [4.69, 9.17) is 5.11 Å². The van der Waals surface area contributed by atoms with Crippen molar-refractivity contribution in [2.75, 3.05) is 0 Å². The van der Waals surface area contributed by atoms with Gasteiger partial charge in [-0.05, 0) is 55.2 Å². The van der Waals surface area contributed by atoms with Gasteiger partial charge in [-0.2, -0.15) is 0 Å². The van der Waals surface area contributed by atoms with Gasteiger partial charge in [0, 0.05) is 12.5 Å². The van der Waals surface area contributed by atoms with Crippen molar-refractivity contribution in [1.29, 1.82) is 0 Å². The van der Waals surface area contributed by atoms with Crippen LogP contribution in [0.25, 0.3) is 0 Å². The lowest BCUT2D eigenvalue weighted by Crippen LogP contribution is -2.28. The molecule has 2 rings (SSSR count). The van der Waals surface area contributed by atoms with E-state index in [1.54, 1.807) is 30.3 Å². The highest BCUT2D eigenvalue weighted by Crippen LogP contribution is 2.24. The highest BCUT2D eigenvalue weighted by molar-refractivity contribution is 7.89. The van der Waals surface area contributed by atoms with Gasteiger partial charge in [-0.25, -0.2) is 17.5 Å². The van der Waals surface area contributed by atoms with Crippen LogP contribution in [0.4, 0.5) is 4.39 Å². The molecule has 0 aromatic heterocycles. The SMILES string of the molecule is Cc1cccc(S(=O)(=O)NC(CCCCCCC(=O)O)c2ccc(F)cc2)c1. The highest BCUT2D eigenvalue weighted by Gasteiger charge is 2.21. The van der Waals surface area contributed by atoms with Gasteiger partial charge in [0.15, 0.2) is 0 Å². The van der Waals surface area contributed by atoms with Gasteiger partial charge < -0.3 is 5.11 Å². The molecule has 7 heteroatoms. The average Bonchev–Trinajstić information content (AvgIpc) is 2.64. The maximum Gasteiger partial charge on any atom is 0.303 e. The minimum atomic E-state index is -3.72. The van der Waals surface area contributed by atoms with Crippen LogP contribution < -0.4 is 4.72 Å². The number of hydrogen-bond acceptors (Lipinski definition) is 3. The van der Waals surface area contributed by atoms with Gasteiger partial charge in [0.25, 0.3) is 0 Å². The van der Waals surface area contributed by atoms with Crippen molar-refractivity contribution >= 4 is 16.0 Å². The molecule has 0 aliphatic carbocycles. The first kappa shape index (κ1) is 22.0. The predicted molar refractivity (Wildman–Crippen MR) is 106 cm³/mol. The largest absolute Gasteiger partial charge is 0.481 e. The second-order valence-corrected chi connectivity index (χ2v) is 8.60. The zero-order chi connectivity index (χ0) is 20.6. The van der Waals surface area contributed by atoms with Crippen LogP contribution >= 0.6 is 0 Å². The van der Waals surface area contributed by atoms with Gasteiger partial charge >= 0.3 is 5.97 Å². The second-order valence-electron chi connectivity index (χ2n) is 6.89. The first-order valence-electron chi connectivity index (χ1n) is 9.34. The molecule has 0 saturated carbocycles. The van der Waals surface area contributed by atoms with E-state index in [9.17, 15) is 17.6 Å². The number of sulfonamides is 1. The molecule has 152 valence electrons. The number of hydrogen-bond donors (Lipinski definition) is 2. The van der Waals surface area contributed by atoms with Crippen LogP contribution in [0.2, 0.25) is 0 Å². The lowest BCUT2D eigenvalue weighted by Gasteiger charge is -2.19. The molecule has 0 radical (unpaired) electrons. The number of unbranched alkanes of at least 4 members (excludes halogenated alkanes) is 3. The third-order valence-electron chi connectivity index (χ3n) is 4.50. The molecule has 0 bridgehead atoms. The Balaban J connectivity index is 2.07. The van der Waals surface area contributed by atoms with Crippen LogP contribution in [0.15, 0.2) is 53.4 Å². The van der Waals surface area contributed by atoms with Gasteiger partial charge in [0.2, 0.25) is 10.0 Å². The number of nitrogens with one attached hydrogen (secondary N) is 1. The minimum absolute atomic E-state index is 0.140. The quantitative estimate of drug-likeness (QED) is 0.534. The number of carbonyl (C=O) groups is 1. The topological polar surface area (TPSA) is 83.5 Å². The standard InChI is InChI=1S/C21H26FNO4S/c1-16-7-6-8-19(15-16)28(26,27)23-20(17-11-13-18(22)14-12-17)9-4-2-3-5-10-21(24)25/h6-8,11-15,20,23H,2-5,9-10H2,1H3,(H,24,25). The van der Waals surface area contributed by atoms with Crippen LogP contribution in [0.3, 0.4) is 0 Å². The van der Waals surface area contributed by atoms with Gasteiger partial charge in [0.05, 0.1) is 4.90 Å². The van der Waals surface area contributed by atoms with E-state index in [2.05, 4.69) is 4.72 Å². The predicted octanol–water partition coefficient (Wildman–Crippen LogP) is 4.58. The summed E-state index contributed by atoms with van der Waals surface area (Å²) < 4.78 is 41.6. The van der Waals surface area contributed by atoms with E-state index < -0.39 is 22.0 Å². The fourth-order valence-corrected chi connectivity index (χ4v) is 4.37. The van der Waals surface area contributed by atoms with Crippen LogP contribution in [-0.4, -0.2) is 19.5 Å². The number of benzene rings is 2. The van der Waals surface area contributed by atoms with Crippen molar-refractivity contribution in [3.8, 4) is 0 Å². The molecular weight excluding hydrogens is 381 g/mol. The Morgan fingerprint density at radius 1 is 1.07 bits per heavy atom. The van der Waals surface area contributed by atoms with Gasteiger partial charge in [-0.3, -0.25) is 4.79 Å². The van der Waals surface area contributed by atoms with Gasteiger partial charge in [0.1, 0.15) is 5.82 Å². The minimum Gasteiger partial charge on any atom is -0.481 e. The Bertz CT molecular complexity index is 882. The Morgan fingerprint density at radius 2 is 1.75 bits per heavy atom. The molecule has 1 atom stereocenters. The summed E-state index contributed by atoms with van der Waals surface area (Å²) >= 11 is 0. The fourth-order valence-electron chi connectivity index (χ4n) is 3.00. The van der Waals surface area contributed by atoms with E-state index in [0.29, 0.717) is 18.4 Å². The smallest absolute Gasteiger partial charge is 0.303 e. The molecule has 0 aliphatic rings. The van der Waals surface area contributed by atoms with E-state index in [0.717, 1.165) is 24.8 Å². The molecule has 0 spiro atoms. The van der Waals surface area contributed by atoms with Crippen molar-refractivity contribution < 1.29 is 22.7 Å². The summed E-state index contributed by atoms with van der Waals surface area (Å²) in [7, 11) is -3.72. The Morgan fingerprint density at radius 3 is 2.39 bits per heavy atom. The summed E-state index contributed by atoms with van der Waals surface area (Å²) in [4.78, 5) is 10.8. The van der Waals surface area contributed by atoms with Crippen LogP contribution in [-0.2, 0) is 14.8 Å². The Kier molecular flexibility index (Phi) is 8.14. The van der Waals surface area contributed by atoms with Crippen LogP contribution in [0.5, 0.6) is 0 Å². The van der Waals surface area contributed by atoms with Crippen molar-refractivity contribution in [1.82, 2.24) is 4.72 Å². The maximum absolute atomic E-state index is 13.3. The number of halogens is 1. The van der Waals surface area contributed by atoms with Crippen LogP contribution in [0, 0.1) is 12.7 Å². The second kappa shape index (κ2) is 10.3. The summed E-state index contributed by atoms with van der Waals surface area (Å²) in [5.41, 5.74) is 1.54. The van der Waals surface area contributed by atoms with Gasteiger partial charge in [-0.15, -0.1) is 0 Å². The fraction of sp³-hybridized carbons (Fsp3) is 0.381. The molecule has 0 amide bonds. The molecule has 28 heavy (non-hydrogen) atoms. The number of carboxylic acid groups (broad SMARTS) is 1. The monoisotopic (exact) mass is 407 g/mol. The number of carboxylic acids is 1. The highest BCUT2D eigenvalue weighted by atomic mass is 32.2. The molecule has 1 unspecified atom stereocenters. The molecule has 0 heterocycles. The van der Waals surface area contributed by atoms with E-state index in [-0.39, 0.29) is 17.1 Å². The van der Waals surface area contributed by atoms with Crippen molar-refractivity contribution in [2.45, 2.75) is 56.4 Å². The summed E-state index contributed by atoms with van der Waals surface area (Å²) in [6.07, 6.45) is 3.60. The zero-order valence-electron chi connectivity index (χ0n) is 15.9. The Hall–Kier alpha value is -2.25. The van der Waals surface area contributed by atoms with E-state index >= 15 is 0 Å². The van der Waals surface area contributed by atoms with Crippen molar-refractivity contribution in [3.05, 3.63) is 65.5 Å². The normalized spacial score (nSPS) is 12.6. The van der Waals surface area contributed by atoms with E-state index in [1.807, 2.05) is 13.0 Å². The molecule has 0 aliphatic heterocycles. The summed E-state index contributed by atoms with van der Waals surface area (Å²) in [6.45, 7) is 1.83. The average molecular weight is 408 g/mol. The first-order chi connectivity index (χ1) is 13.3. The van der Waals surface area contributed by atoms with Crippen LogP contribution in [0.1, 0.15) is 55.7 Å². The third kappa shape index (κ3) is 7.05. The maximum atomic E-state index is 13.3. The van der Waals surface area contributed by atoms with Gasteiger partial charge in [-0.1, -0.05) is 43.5 Å². The summed E-state index contributed by atoms with van der Waals surface area (Å²) in [6, 6.07) is 12.0. The molecule has 5 nitrogen and oxygen atoms in total. The van der Waals surface area contributed by atoms with E-state index in [1.165, 1.54) is 12.1 Å². The van der Waals surface area contributed by atoms with Crippen molar-refractivity contribution in [2.24, 2.45) is 0 Å². The molecule has 2 N–H and O–H groups in total.